The molecule has 0 bridgehead atoms. The third-order valence-electron chi connectivity index (χ3n) is 2.19. The van der Waals surface area contributed by atoms with Gasteiger partial charge in [-0.15, -0.1) is 0 Å². The maximum Gasteiger partial charge on any atom is 0.234 e. The number of carbonyl (C=O) groups excluding carboxylic acids is 1. The van der Waals surface area contributed by atoms with Crippen LogP contribution < -0.4 is 11.1 Å². The minimum absolute atomic E-state index is 0.0460. The summed E-state index contributed by atoms with van der Waals surface area (Å²) in [5, 5.41) is 3.09. The van der Waals surface area contributed by atoms with Gasteiger partial charge in [0, 0.05) is 13.7 Å². The molecule has 0 rings (SSSR count). The van der Waals surface area contributed by atoms with Gasteiger partial charge in [-0.25, -0.2) is 0 Å². The summed E-state index contributed by atoms with van der Waals surface area (Å²) in [4.78, 5) is 11.1. The van der Waals surface area contributed by atoms with Crippen molar-refractivity contribution in [2.75, 3.05) is 26.9 Å². The summed E-state index contributed by atoms with van der Waals surface area (Å²) in [5.41, 5.74) is 5.27. The fraction of sp³-hybridized carbons (Fsp3) is 0.909. The number of methoxy groups -OCH3 is 1. The summed E-state index contributed by atoms with van der Waals surface area (Å²) in [6.07, 6.45) is 1.62. The van der Waals surface area contributed by atoms with Crippen LogP contribution in [0.4, 0.5) is 0 Å². The van der Waals surface area contributed by atoms with Crippen molar-refractivity contribution in [3.05, 3.63) is 0 Å². The van der Waals surface area contributed by atoms with Crippen molar-refractivity contribution in [3.8, 4) is 0 Å². The van der Waals surface area contributed by atoms with Crippen LogP contribution in [-0.4, -0.2) is 44.9 Å². The largest absolute Gasteiger partial charge is 0.382 e. The van der Waals surface area contributed by atoms with E-state index in [0.29, 0.717) is 19.6 Å². The SMILES string of the molecule is CCCNC(CCOC(C)COC)C(N)=O. The van der Waals surface area contributed by atoms with Crippen LogP contribution in [0.3, 0.4) is 0 Å². The van der Waals surface area contributed by atoms with Crippen LogP contribution in [0.5, 0.6) is 0 Å². The number of primary amides is 1. The molecule has 0 aliphatic carbocycles. The minimum atomic E-state index is -0.323. The summed E-state index contributed by atoms with van der Waals surface area (Å²) in [5.74, 6) is -0.323. The third-order valence-corrected chi connectivity index (χ3v) is 2.19. The number of carbonyl (C=O) groups is 1. The van der Waals surface area contributed by atoms with E-state index in [1.165, 1.54) is 0 Å². The molecule has 2 atom stereocenters. The van der Waals surface area contributed by atoms with E-state index in [9.17, 15) is 4.79 Å². The molecule has 2 unspecified atom stereocenters. The Morgan fingerprint density at radius 3 is 2.69 bits per heavy atom. The molecule has 0 saturated carbocycles. The molecule has 0 heterocycles. The fourth-order valence-electron chi connectivity index (χ4n) is 1.33. The van der Waals surface area contributed by atoms with Gasteiger partial charge in [-0.1, -0.05) is 6.92 Å². The van der Waals surface area contributed by atoms with Gasteiger partial charge in [-0.3, -0.25) is 4.79 Å². The predicted molar refractivity (Wildman–Crippen MR) is 63.2 cm³/mol. The molecule has 0 fully saturated rings. The minimum Gasteiger partial charge on any atom is -0.382 e. The van der Waals surface area contributed by atoms with Gasteiger partial charge in [0.15, 0.2) is 0 Å². The van der Waals surface area contributed by atoms with Crippen molar-refractivity contribution in [1.82, 2.24) is 5.32 Å². The zero-order valence-electron chi connectivity index (χ0n) is 10.5. The molecule has 0 aromatic heterocycles. The highest BCUT2D eigenvalue weighted by Crippen LogP contribution is 1.97. The fourth-order valence-corrected chi connectivity index (χ4v) is 1.33. The van der Waals surface area contributed by atoms with Crippen LogP contribution in [-0.2, 0) is 14.3 Å². The van der Waals surface area contributed by atoms with Gasteiger partial charge in [0.25, 0.3) is 0 Å². The molecule has 0 spiro atoms. The first-order chi connectivity index (χ1) is 7.61. The molecule has 1 amide bonds. The van der Waals surface area contributed by atoms with E-state index >= 15 is 0 Å². The number of rotatable bonds is 10. The summed E-state index contributed by atoms with van der Waals surface area (Å²) >= 11 is 0. The first-order valence-electron chi connectivity index (χ1n) is 5.75. The van der Waals surface area contributed by atoms with E-state index in [1.807, 2.05) is 13.8 Å². The van der Waals surface area contributed by atoms with Gasteiger partial charge in [-0.2, -0.15) is 0 Å². The van der Waals surface area contributed by atoms with Crippen LogP contribution >= 0.6 is 0 Å². The Balaban J connectivity index is 3.71. The second kappa shape index (κ2) is 9.57. The van der Waals surface area contributed by atoms with Crippen molar-refractivity contribution in [1.29, 1.82) is 0 Å². The second-order valence-corrected chi connectivity index (χ2v) is 3.83. The number of nitrogens with two attached hydrogens (primary N) is 1. The van der Waals surface area contributed by atoms with E-state index in [4.69, 9.17) is 15.2 Å². The van der Waals surface area contributed by atoms with Gasteiger partial charge >= 0.3 is 0 Å². The lowest BCUT2D eigenvalue weighted by molar-refractivity contribution is -0.120. The lowest BCUT2D eigenvalue weighted by atomic mass is 10.2. The molecule has 0 aliphatic rings. The summed E-state index contributed by atoms with van der Waals surface area (Å²) in [6.45, 7) is 5.84. The molecular formula is C11H24N2O3. The maximum absolute atomic E-state index is 11.1. The number of amides is 1. The van der Waals surface area contributed by atoms with E-state index in [0.717, 1.165) is 13.0 Å². The lowest BCUT2D eigenvalue weighted by Crippen LogP contribution is -2.42. The highest BCUT2D eigenvalue weighted by Gasteiger charge is 2.14. The lowest BCUT2D eigenvalue weighted by Gasteiger charge is -2.17. The average molecular weight is 232 g/mol. The topological polar surface area (TPSA) is 73.6 Å². The second-order valence-electron chi connectivity index (χ2n) is 3.83. The van der Waals surface area contributed by atoms with Gasteiger partial charge in [0.1, 0.15) is 0 Å². The van der Waals surface area contributed by atoms with Crippen molar-refractivity contribution < 1.29 is 14.3 Å². The Bertz CT molecular complexity index is 188. The van der Waals surface area contributed by atoms with Crippen molar-refractivity contribution in [2.45, 2.75) is 38.8 Å². The predicted octanol–water partition coefficient (Wildman–Crippen LogP) is 0.282. The molecule has 5 heteroatoms. The Kier molecular flexibility index (Phi) is 9.18. The van der Waals surface area contributed by atoms with Crippen molar-refractivity contribution in [3.63, 3.8) is 0 Å². The van der Waals surface area contributed by atoms with E-state index in [2.05, 4.69) is 5.32 Å². The highest BCUT2D eigenvalue weighted by atomic mass is 16.5. The van der Waals surface area contributed by atoms with Gasteiger partial charge < -0.3 is 20.5 Å². The third kappa shape index (κ3) is 7.62. The molecule has 0 aromatic carbocycles. The first-order valence-corrected chi connectivity index (χ1v) is 5.75. The molecule has 3 N–H and O–H groups in total. The normalized spacial score (nSPS) is 14.7. The Morgan fingerprint density at radius 1 is 1.50 bits per heavy atom. The molecule has 16 heavy (non-hydrogen) atoms. The average Bonchev–Trinajstić information content (AvgIpc) is 2.23. The van der Waals surface area contributed by atoms with Gasteiger partial charge in [-0.05, 0) is 26.3 Å². The van der Waals surface area contributed by atoms with Crippen LogP contribution in [0.1, 0.15) is 26.7 Å². The molecule has 5 nitrogen and oxygen atoms in total. The molecular weight excluding hydrogens is 208 g/mol. The molecule has 0 radical (unpaired) electrons. The zero-order chi connectivity index (χ0) is 12.4. The summed E-state index contributed by atoms with van der Waals surface area (Å²) in [6, 6.07) is -0.297. The zero-order valence-corrected chi connectivity index (χ0v) is 10.5. The molecule has 96 valence electrons. The first kappa shape index (κ1) is 15.3. The standard InChI is InChI=1S/C11H24N2O3/c1-4-6-13-10(11(12)14)5-7-16-9(2)8-15-3/h9-10,13H,4-8H2,1-3H3,(H2,12,14). The van der Waals surface area contributed by atoms with Crippen molar-refractivity contribution in [2.24, 2.45) is 5.73 Å². The summed E-state index contributed by atoms with van der Waals surface area (Å²) in [7, 11) is 1.63. The van der Waals surface area contributed by atoms with Crippen LogP contribution in [0, 0.1) is 0 Å². The van der Waals surface area contributed by atoms with E-state index < -0.39 is 0 Å². The smallest absolute Gasteiger partial charge is 0.234 e. The maximum atomic E-state index is 11.1. The van der Waals surface area contributed by atoms with Gasteiger partial charge in [0.2, 0.25) is 5.91 Å². The number of ether oxygens (including phenoxy) is 2. The van der Waals surface area contributed by atoms with Crippen LogP contribution in [0.2, 0.25) is 0 Å². The molecule has 0 aromatic rings. The molecule has 0 saturated heterocycles. The van der Waals surface area contributed by atoms with E-state index in [1.54, 1.807) is 7.11 Å². The highest BCUT2D eigenvalue weighted by molar-refractivity contribution is 5.79. The Labute approximate surface area is 97.7 Å². The molecule has 0 aliphatic heterocycles. The van der Waals surface area contributed by atoms with Crippen molar-refractivity contribution >= 4 is 5.91 Å². The van der Waals surface area contributed by atoms with Crippen LogP contribution in [0.15, 0.2) is 0 Å². The Morgan fingerprint density at radius 2 is 2.19 bits per heavy atom. The number of nitrogens with one attached hydrogen (secondary N) is 1. The Hall–Kier alpha value is -0.650. The van der Waals surface area contributed by atoms with Gasteiger partial charge in [0.05, 0.1) is 18.8 Å². The quantitative estimate of drug-likeness (QED) is 0.567. The monoisotopic (exact) mass is 232 g/mol. The number of hydrogen-bond donors (Lipinski definition) is 2. The van der Waals surface area contributed by atoms with Crippen LogP contribution in [0.25, 0.3) is 0 Å². The van der Waals surface area contributed by atoms with E-state index in [-0.39, 0.29) is 18.1 Å². The summed E-state index contributed by atoms with van der Waals surface area (Å²) < 4.78 is 10.4. The number of hydrogen-bond acceptors (Lipinski definition) is 4.